The van der Waals surface area contributed by atoms with E-state index in [0.717, 1.165) is 0 Å². The van der Waals surface area contributed by atoms with Gasteiger partial charge in [0.1, 0.15) is 0 Å². The number of nitrogens with one attached hydrogen (secondary N) is 1. The van der Waals surface area contributed by atoms with Crippen LogP contribution in [0.1, 0.15) is 24.2 Å². The molecule has 0 saturated carbocycles. The van der Waals surface area contributed by atoms with E-state index in [1.165, 1.54) is 43.0 Å². The van der Waals surface area contributed by atoms with Crippen molar-refractivity contribution in [1.82, 2.24) is 4.98 Å². The molecule has 0 spiro atoms. The molecule has 0 aromatic carbocycles. The Morgan fingerprint density at radius 3 is 2.42 bits per heavy atom. The molecule has 1 fully saturated rings. The van der Waals surface area contributed by atoms with Gasteiger partial charge in [-0.3, -0.25) is 0 Å². The summed E-state index contributed by atoms with van der Waals surface area (Å²) in [5, 5.41) is 0. The first kappa shape index (κ1) is 7.71. The number of hydrogen-bond donors (Lipinski definition) is 1. The molecule has 0 aliphatic carbocycles. The molecule has 66 valence electrons. The van der Waals surface area contributed by atoms with Gasteiger partial charge in [-0.15, -0.1) is 0 Å². The molecule has 1 aliphatic heterocycles. The van der Waals surface area contributed by atoms with E-state index < -0.39 is 0 Å². The summed E-state index contributed by atoms with van der Waals surface area (Å²) in [5.41, 5.74) is 3.99. The quantitative estimate of drug-likeness (QED) is 0.674. The molecule has 12 heavy (non-hydrogen) atoms. The van der Waals surface area contributed by atoms with Gasteiger partial charge in [-0.1, -0.05) is 0 Å². The van der Waals surface area contributed by atoms with Crippen molar-refractivity contribution in [1.29, 1.82) is 0 Å². The van der Waals surface area contributed by atoms with Crippen molar-refractivity contribution in [3.63, 3.8) is 0 Å². The predicted molar refractivity (Wildman–Crippen MR) is 51.7 cm³/mol. The summed E-state index contributed by atoms with van der Waals surface area (Å²) in [6.45, 7) is 6.74. The summed E-state index contributed by atoms with van der Waals surface area (Å²) < 4.78 is 0. The molecule has 0 radical (unpaired) electrons. The lowest BCUT2D eigenvalue weighted by molar-refractivity contribution is 0.949. The fourth-order valence-electron chi connectivity index (χ4n) is 2.00. The number of aromatic amines is 1. The molecule has 2 nitrogen and oxygen atoms in total. The van der Waals surface area contributed by atoms with E-state index in [2.05, 4.69) is 29.8 Å². The van der Waals surface area contributed by atoms with Crippen LogP contribution in [0.25, 0.3) is 0 Å². The minimum absolute atomic E-state index is 1.23. The molecule has 0 atom stereocenters. The van der Waals surface area contributed by atoms with E-state index in [1.807, 2.05) is 0 Å². The van der Waals surface area contributed by atoms with Gasteiger partial charge in [-0.2, -0.15) is 0 Å². The monoisotopic (exact) mass is 164 g/mol. The molecule has 0 bridgehead atoms. The second-order valence-electron chi connectivity index (χ2n) is 3.66. The number of aryl methyl sites for hydroxylation is 2. The maximum absolute atomic E-state index is 3.34. The predicted octanol–water partition coefficient (Wildman–Crippen LogP) is 2.23. The summed E-state index contributed by atoms with van der Waals surface area (Å²) in [7, 11) is 0. The Kier molecular flexibility index (Phi) is 1.83. The number of nitrogens with zero attached hydrogens (tertiary/aromatic N) is 1. The minimum Gasteiger partial charge on any atom is -0.370 e. The second-order valence-corrected chi connectivity index (χ2v) is 3.66. The highest BCUT2D eigenvalue weighted by Gasteiger charge is 2.15. The summed E-state index contributed by atoms with van der Waals surface area (Å²) in [6.07, 6.45) is 2.70. The van der Waals surface area contributed by atoms with Crippen molar-refractivity contribution >= 4 is 5.69 Å². The average Bonchev–Trinajstić information content (AvgIpc) is 2.58. The Bertz CT molecular complexity index is 269. The van der Waals surface area contributed by atoms with Crippen LogP contribution in [0.4, 0.5) is 5.69 Å². The average molecular weight is 164 g/mol. The van der Waals surface area contributed by atoms with E-state index >= 15 is 0 Å². The Labute approximate surface area is 73.6 Å². The lowest BCUT2D eigenvalue weighted by Crippen LogP contribution is -2.17. The zero-order chi connectivity index (χ0) is 8.55. The van der Waals surface area contributed by atoms with Gasteiger partial charge in [-0.25, -0.2) is 0 Å². The number of anilines is 1. The fourth-order valence-corrected chi connectivity index (χ4v) is 2.00. The van der Waals surface area contributed by atoms with Crippen molar-refractivity contribution < 1.29 is 0 Å². The Morgan fingerprint density at radius 2 is 1.92 bits per heavy atom. The summed E-state index contributed by atoms with van der Waals surface area (Å²) in [5.74, 6) is 0. The van der Waals surface area contributed by atoms with Crippen LogP contribution in [0.3, 0.4) is 0 Å². The maximum Gasteiger partial charge on any atom is 0.0576 e. The molecule has 1 aromatic rings. The Morgan fingerprint density at radius 1 is 1.25 bits per heavy atom. The van der Waals surface area contributed by atoms with Gasteiger partial charge in [0.25, 0.3) is 0 Å². The topological polar surface area (TPSA) is 19.0 Å². The van der Waals surface area contributed by atoms with E-state index in [9.17, 15) is 0 Å². The largest absolute Gasteiger partial charge is 0.370 e. The van der Waals surface area contributed by atoms with E-state index in [0.29, 0.717) is 0 Å². The zero-order valence-corrected chi connectivity index (χ0v) is 7.85. The third-order valence-electron chi connectivity index (χ3n) is 2.57. The van der Waals surface area contributed by atoms with Gasteiger partial charge in [0.15, 0.2) is 0 Å². The Balaban J connectivity index is 2.25. The van der Waals surface area contributed by atoms with Crippen LogP contribution in [0.2, 0.25) is 0 Å². The van der Waals surface area contributed by atoms with Crippen molar-refractivity contribution in [2.24, 2.45) is 0 Å². The first-order chi connectivity index (χ1) is 5.77. The molecular formula is C10H16N2. The summed E-state index contributed by atoms with van der Waals surface area (Å²) in [6, 6.07) is 2.25. The van der Waals surface area contributed by atoms with Gasteiger partial charge in [-0.05, 0) is 32.8 Å². The van der Waals surface area contributed by atoms with Crippen LogP contribution in [0, 0.1) is 13.8 Å². The van der Waals surface area contributed by atoms with Gasteiger partial charge in [0, 0.05) is 24.5 Å². The normalized spacial score (nSPS) is 17.3. The van der Waals surface area contributed by atoms with Crippen LogP contribution in [0.15, 0.2) is 6.07 Å². The molecule has 0 unspecified atom stereocenters. The number of aromatic nitrogens is 1. The molecule has 1 N–H and O–H groups in total. The van der Waals surface area contributed by atoms with Gasteiger partial charge >= 0.3 is 0 Å². The Hall–Kier alpha value is -0.920. The molecular weight excluding hydrogens is 148 g/mol. The lowest BCUT2D eigenvalue weighted by Gasteiger charge is -2.16. The lowest BCUT2D eigenvalue weighted by atomic mass is 10.3. The third kappa shape index (κ3) is 1.22. The van der Waals surface area contributed by atoms with Crippen molar-refractivity contribution in [3.05, 3.63) is 17.5 Å². The highest BCUT2D eigenvalue weighted by atomic mass is 15.2. The first-order valence-electron chi connectivity index (χ1n) is 4.68. The van der Waals surface area contributed by atoms with Gasteiger partial charge in [0.05, 0.1) is 5.69 Å². The minimum atomic E-state index is 1.23. The molecule has 1 saturated heterocycles. The fraction of sp³-hybridized carbons (Fsp3) is 0.600. The zero-order valence-electron chi connectivity index (χ0n) is 7.85. The van der Waals surface area contributed by atoms with Crippen molar-refractivity contribution in [3.8, 4) is 0 Å². The van der Waals surface area contributed by atoms with Crippen LogP contribution >= 0.6 is 0 Å². The van der Waals surface area contributed by atoms with Gasteiger partial charge < -0.3 is 9.88 Å². The van der Waals surface area contributed by atoms with Crippen LogP contribution in [-0.2, 0) is 0 Å². The summed E-state index contributed by atoms with van der Waals surface area (Å²) in [4.78, 5) is 5.81. The number of hydrogen-bond acceptors (Lipinski definition) is 1. The van der Waals surface area contributed by atoms with Crippen molar-refractivity contribution in [2.75, 3.05) is 18.0 Å². The smallest absolute Gasteiger partial charge is 0.0576 e. The molecule has 2 heterocycles. The molecule has 1 aromatic heterocycles. The highest BCUT2D eigenvalue weighted by molar-refractivity contribution is 5.53. The third-order valence-corrected chi connectivity index (χ3v) is 2.57. The second kappa shape index (κ2) is 2.85. The highest BCUT2D eigenvalue weighted by Crippen LogP contribution is 2.24. The van der Waals surface area contributed by atoms with Crippen LogP contribution in [-0.4, -0.2) is 18.1 Å². The molecule has 1 aliphatic rings. The van der Waals surface area contributed by atoms with E-state index in [-0.39, 0.29) is 0 Å². The van der Waals surface area contributed by atoms with Crippen molar-refractivity contribution in [2.45, 2.75) is 26.7 Å². The van der Waals surface area contributed by atoms with E-state index in [4.69, 9.17) is 0 Å². The maximum atomic E-state index is 3.34. The number of rotatable bonds is 1. The first-order valence-corrected chi connectivity index (χ1v) is 4.68. The van der Waals surface area contributed by atoms with E-state index in [1.54, 1.807) is 0 Å². The number of H-pyrrole nitrogens is 1. The van der Waals surface area contributed by atoms with Crippen LogP contribution in [0.5, 0.6) is 0 Å². The SMILES string of the molecule is Cc1cc(N2CCCC2)c(C)[nH]1. The standard InChI is InChI=1S/C10H16N2/c1-8-7-10(9(2)11-8)12-5-3-4-6-12/h7,11H,3-6H2,1-2H3. The molecule has 0 amide bonds. The summed E-state index contributed by atoms with van der Waals surface area (Å²) >= 11 is 0. The van der Waals surface area contributed by atoms with Gasteiger partial charge in [0.2, 0.25) is 0 Å². The van der Waals surface area contributed by atoms with Crippen LogP contribution < -0.4 is 4.90 Å². The molecule has 2 heteroatoms. The molecule has 2 rings (SSSR count).